The summed E-state index contributed by atoms with van der Waals surface area (Å²) in [6.45, 7) is 6.23. The monoisotopic (exact) mass is 1040 g/mol. The number of carbonyl (C=O) groups excluding carboxylic acids is 3. The maximum absolute atomic E-state index is 12.8. The van der Waals surface area contributed by atoms with Crippen LogP contribution >= 0.6 is 0 Å². The first kappa shape index (κ1) is 70.8. The molecule has 0 aliphatic rings. The predicted octanol–water partition coefficient (Wildman–Crippen LogP) is 20.7. The smallest absolute Gasteiger partial charge is 0.310 e. The summed E-state index contributed by atoms with van der Waals surface area (Å²) in [6.07, 6.45) is 92.5. The average Bonchev–Trinajstić information content (AvgIpc) is 3.42. The molecule has 1 atom stereocenters. The predicted molar refractivity (Wildman–Crippen MR) is 329 cm³/mol. The zero-order valence-electron chi connectivity index (χ0n) is 48.4. The second-order valence-corrected chi connectivity index (χ2v) is 19.2. The van der Waals surface area contributed by atoms with E-state index in [0.717, 1.165) is 141 Å². The summed E-state index contributed by atoms with van der Waals surface area (Å²) >= 11 is 0. The fourth-order valence-electron chi connectivity index (χ4n) is 7.53. The van der Waals surface area contributed by atoms with E-state index in [2.05, 4.69) is 179 Å². The van der Waals surface area contributed by atoms with Crippen molar-refractivity contribution in [2.24, 2.45) is 0 Å². The normalized spacial score (nSPS) is 13.4. The van der Waals surface area contributed by atoms with Gasteiger partial charge in [-0.2, -0.15) is 0 Å². The Hall–Kier alpha value is -5.23. The summed E-state index contributed by atoms with van der Waals surface area (Å²) in [5.41, 5.74) is 0. The van der Waals surface area contributed by atoms with Crippen molar-refractivity contribution in [2.75, 3.05) is 13.2 Å². The number of ether oxygens (including phenoxy) is 3. The molecule has 0 saturated heterocycles. The van der Waals surface area contributed by atoms with Crippen molar-refractivity contribution in [1.29, 1.82) is 0 Å². The van der Waals surface area contributed by atoms with Crippen LogP contribution in [-0.4, -0.2) is 37.2 Å². The number of esters is 3. The minimum Gasteiger partial charge on any atom is -0.462 e. The van der Waals surface area contributed by atoms with E-state index in [4.69, 9.17) is 14.2 Å². The Morgan fingerprint density at radius 1 is 0.289 bits per heavy atom. The molecule has 0 aromatic carbocycles. The zero-order chi connectivity index (χ0) is 55.0. The molecule has 0 rings (SSSR count). The van der Waals surface area contributed by atoms with Gasteiger partial charge in [-0.25, -0.2) is 0 Å². The van der Waals surface area contributed by atoms with E-state index in [1.54, 1.807) is 6.08 Å². The summed E-state index contributed by atoms with van der Waals surface area (Å²) in [5.74, 6) is -1.09. The molecule has 0 heterocycles. The third-order valence-corrected chi connectivity index (χ3v) is 12.0. The van der Waals surface area contributed by atoms with Crippen LogP contribution in [0.15, 0.2) is 170 Å². The van der Waals surface area contributed by atoms with E-state index in [1.165, 1.54) is 44.9 Å². The van der Waals surface area contributed by atoms with Crippen LogP contribution in [0.25, 0.3) is 0 Å². The summed E-state index contributed by atoms with van der Waals surface area (Å²) in [4.78, 5) is 38.0. The fourth-order valence-corrected chi connectivity index (χ4v) is 7.53. The molecule has 0 N–H and O–H groups in total. The minimum atomic E-state index is -0.846. The molecule has 0 amide bonds. The maximum Gasteiger partial charge on any atom is 0.310 e. The van der Waals surface area contributed by atoms with Gasteiger partial charge in [0.2, 0.25) is 0 Å². The Labute approximate surface area is 466 Å². The number of rotatable bonds is 52. The number of allylic oxidation sites excluding steroid dienone is 27. The molecule has 0 bridgehead atoms. The second-order valence-electron chi connectivity index (χ2n) is 19.2. The first-order chi connectivity index (χ1) is 37.5. The van der Waals surface area contributed by atoms with Crippen LogP contribution in [0.5, 0.6) is 0 Å². The van der Waals surface area contributed by atoms with Gasteiger partial charge in [0.25, 0.3) is 0 Å². The average molecular weight is 1050 g/mol. The van der Waals surface area contributed by atoms with Crippen LogP contribution in [0.3, 0.4) is 0 Å². The van der Waals surface area contributed by atoms with Crippen molar-refractivity contribution >= 4 is 17.9 Å². The lowest BCUT2D eigenvalue weighted by Crippen LogP contribution is -2.30. The van der Waals surface area contributed by atoms with Crippen LogP contribution in [0.1, 0.15) is 233 Å². The van der Waals surface area contributed by atoms with Crippen molar-refractivity contribution in [3.05, 3.63) is 170 Å². The van der Waals surface area contributed by atoms with Gasteiger partial charge >= 0.3 is 17.9 Å². The molecule has 424 valence electrons. The third kappa shape index (κ3) is 59.6. The SMILES string of the molecule is CC/C=C\C/C=C\C/C=C\C/C=C\C/C=C\C/C=C\C/C=C\C/C=C\CCCCCCCCCCC(=O)OCC(COC(=O)CCCCCCC/C=C\CCC)OC(=O)C/C=C\C/C=C\C/C=C\C/C=C\C/C=C\CC. The molecule has 0 aromatic heterocycles. The molecule has 6 heteroatoms. The first-order valence-corrected chi connectivity index (χ1v) is 30.1. The highest BCUT2D eigenvalue weighted by atomic mass is 16.6. The maximum atomic E-state index is 12.8. The highest BCUT2D eigenvalue weighted by Crippen LogP contribution is 2.13. The standard InChI is InChI=1S/C70H108O6/c1-4-7-10-13-16-19-22-24-26-27-28-29-30-31-32-33-34-35-36-37-38-39-40-41-42-43-45-46-48-51-54-57-60-63-69(72)75-66-67(65-74-68(71)62-59-56-53-50-21-18-15-12-9-6-3)76-70(73)64-61-58-55-52-49-47-44-25-23-20-17-14-11-8-5-2/h7-8,10-12,15-17,19-20,24-26,28-29,31-32,34-35,37-38,40-41,44,49,52,58,61,67H,4-6,9,13-14,18,21-23,27,30,33,36,39,42-43,45-48,50-51,53-57,59-60,62-66H2,1-3H3/b10-7-,11-8-,15-12-,19-16-,20-17-,26-24-,29-28-,32-31-,35-34-,38-37-,41-40-,44-25-,52-49-,61-58-. The molecule has 0 saturated carbocycles. The molecule has 0 spiro atoms. The van der Waals surface area contributed by atoms with Crippen molar-refractivity contribution in [3.63, 3.8) is 0 Å². The zero-order valence-corrected chi connectivity index (χ0v) is 48.4. The van der Waals surface area contributed by atoms with Crippen LogP contribution < -0.4 is 0 Å². The molecule has 0 aromatic rings. The Morgan fingerprint density at radius 2 is 0.553 bits per heavy atom. The van der Waals surface area contributed by atoms with E-state index in [9.17, 15) is 14.4 Å². The van der Waals surface area contributed by atoms with Gasteiger partial charge in [-0.05, 0) is 128 Å². The molecular weight excluding hydrogens is 937 g/mol. The van der Waals surface area contributed by atoms with Crippen molar-refractivity contribution in [1.82, 2.24) is 0 Å². The van der Waals surface area contributed by atoms with E-state index >= 15 is 0 Å². The Kier molecular flexibility index (Phi) is 58.0. The highest BCUT2D eigenvalue weighted by molar-refractivity contribution is 5.72. The van der Waals surface area contributed by atoms with Gasteiger partial charge in [0.05, 0.1) is 6.42 Å². The van der Waals surface area contributed by atoms with Crippen molar-refractivity contribution in [3.8, 4) is 0 Å². The third-order valence-electron chi connectivity index (χ3n) is 12.0. The van der Waals surface area contributed by atoms with E-state index < -0.39 is 12.1 Å². The minimum absolute atomic E-state index is 0.0858. The van der Waals surface area contributed by atoms with Gasteiger partial charge in [-0.3, -0.25) is 14.4 Å². The Balaban J connectivity index is 4.31. The number of hydrogen-bond donors (Lipinski definition) is 0. The lowest BCUT2D eigenvalue weighted by molar-refractivity contribution is -0.166. The fraction of sp³-hybridized carbons (Fsp3) is 0.557. The van der Waals surface area contributed by atoms with Gasteiger partial charge in [-0.15, -0.1) is 0 Å². The molecule has 76 heavy (non-hydrogen) atoms. The summed E-state index contributed by atoms with van der Waals surface area (Å²) in [5, 5.41) is 0. The molecule has 6 nitrogen and oxygen atoms in total. The van der Waals surface area contributed by atoms with Crippen molar-refractivity contribution in [2.45, 2.75) is 239 Å². The lowest BCUT2D eigenvalue weighted by Gasteiger charge is -2.18. The van der Waals surface area contributed by atoms with Crippen LogP contribution in [-0.2, 0) is 28.6 Å². The quantitative estimate of drug-likeness (QED) is 0.0261. The molecule has 0 fully saturated rings. The Morgan fingerprint density at radius 3 is 0.882 bits per heavy atom. The van der Waals surface area contributed by atoms with Gasteiger partial charge in [0.15, 0.2) is 6.10 Å². The number of carbonyl (C=O) groups is 3. The van der Waals surface area contributed by atoms with E-state index in [1.807, 2.05) is 6.08 Å². The van der Waals surface area contributed by atoms with Crippen LogP contribution in [0.4, 0.5) is 0 Å². The highest BCUT2D eigenvalue weighted by Gasteiger charge is 2.19. The topological polar surface area (TPSA) is 78.9 Å². The first-order valence-electron chi connectivity index (χ1n) is 30.1. The molecule has 0 aliphatic heterocycles. The van der Waals surface area contributed by atoms with Gasteiger partial charge < -0.3 is 14.2 Å². The van der Waals surface area contributed by atoms with Gasteiger partial charge in [0.1, 0.15) is 13.2 Å². The Bertz CT molecular complexity index is 1770. The van der Waals surface area contributed by atoms with Crippen LogP contribution in [0, 0.1) is 0 Å². The van der Waals surface area contributed by atoms with Crippen LogP contribution in [0.2, 0.25) is 0 Å². The summed E-state index contributed by atoms with van der Waals surface area (Å²) in [7, 11) is 0. The lowest BCUT2D eigenvalue weighted by atomic mass is 10.1. The van der Waals surface area contributed by atoms with E-state index in [-0.39, 0.29) is 31.6 Å². The number of unbranched alkanes of at least 4 members (excludes halogenated alkanes) is 14. The van der Waals surface area contributed by atoms with Gasteiger partial charge in [-0.1, -0.05) is 255 Å². The molecule has 0 aliphatic carbocycles. The largest absolute Gasteiger partial charge is 0.462 e. The second kappa shape index (κ2) is 62.3. The van der Waals surface area contributed by atoms with Gasteiger partial charge in [0, 0.05) is 12.8 Å². The molecular formula is C70H108O6. The molecule has 0 radical (unpaired) electrons. The summed E-state index contributed by atoms with van der Waals surface area (Å²) in [6, 6.07) is 0. The number of hydrogen-bond acceptors (Lipinski definition) is 6. The van der Waals surface area contributed by atoms with E-state index in [0.29, 0.717) is 19.3 Å². The van der Waals surface area contributed by atoms with Crippen molar-refractivity contribution < 1.29 is 28.6 Å². The summed E-state index contributed by atoms with van der Waals surface area (Å²) < 4.78 is 16.7. The molecule has 1 unspecified atom stereocenters.